The van der Waals surface area contributed by atoms with Gasteiger partial charge in [-0.15, -0.1) is 23.2 Å². The summed E-state index contributed by atoms with van der Waals surface area (Å²) in [5, 5.41) is 2.39. The molecule has 0 aliphatic carbocycles. The molecule has 0 unspecified atom stereocenters. The number of carbonyl (C=O) groups excluding carboxylic acids is 1. The van der Waals surface area contributed by atoms with Crippen LogP contribution in [-0.4, -0.2) is 31.3 Å². The van der Waals surface area contributed by atoms with Crippen LogP contribution in [0.5, 0.6) is 0 Å². The van der Waals surface area contributed by atoms with Gasteiger partial charge in [-0.1, -0.05) is 0 Å². The molecule has 0 fully saturated rings. The van der Waals surface area contributed by atoms with Gasteiger partial charge in [0.05, 0.1) is 5.69 Å². The molecule has 0 aromatic heterocycles. The summed E-state index contributed by atoms with van der Waals surface area (Å²) in [5.74, 6) is 0.377. The van der Waals surface area contributed by atoms with E-state index in [1.54, 1.807) is 17.0 Å². The van der Waals surface area contributed by atoms with Crippen LogP contribution in [0.15, 0.2) is 18.2 Å². The first kappa shape index (κ1) is 14.1. The largest absolute Gasteiger partial charge is 0.367 e. The maximum absolute atomic E-state index is 13.8. The van der Waals surface area contributed by atoms with Crippen LogP contribution in [0.1, 0.15) is 0 Å². The second-order valence-electron chi connectivity index (χ2n) is 3.29. The Morgan fingerprint density at radius 1 is 1.29 bits per heavy atom. The van der Waals surface area contributed by atoms with Crippen LogP contribution in [-0.2, 0) is 4.79 Å². The molecule has 0 aliphatic rings. The Bertz CT molecular complexity index is 370. The summed E-state index contributed by atoms with van der Waals surface area (Å²) in [6.45, 7) is 1.04. The minimum atomic E-state index is -0.410. The second-order valence-corrected chi connectivity index (χ2v) is 4.05. The van der Waals surface area contributed by atoms with Crippen molar-refractivity contribution in [3.8, 4) is 0 Å². The van der Waals surface area contributed by atoms with Crippen LogP contribution in [0, 0.1) is 5.82 Å². The van der Waals surface area contributed by atoms with Crippen LogP contribution in [0.4, 0.5) is 15.8 Å². The number of hydrogen-bond acceptors (Lipinski definition) is 2. The number of amides is 1. The molecule has 1 aromatic rings. The van der Waals surface area contributed by atoms with Gasteiger partial charge >= 0.3 is 0 Å². The number of halogens is 3. The quantitative estimate of drug-likeness (QED) is 0.614. The Kier molecular flexibility index (Phi) is 6.08. The van der Waals surface area contributed by atoms with Gasteiger partial charge in [-0.3, -0.25) is 4.79 Å². The van der Waals surface area contributed by atoms with Crippen LogP contribution < -0.4 is 10.2 Å². The topological polar surface area (TPSA) is 32.3 Å². The van der Waals surface area contributed by atoms with Crippen molar-refractivity contribution in [2.24, 2.45) is 0 Å². The van der Waals surface area contributed by atoms with Crippen LogP contribution in [0.2, 0.25) is 0 Å². The van der Waals surface area contributed by atoms with Gasteiger partial charge in [0.25, 0.3) is 0 Å². The fourth-order valence-corrected chi connectivity index (χ4v) is 1.89. The first-order valence-electron chi connectivity index (χ1n) is 5.09. The van der Waals surface area contributed by atoms with E-state index in [0.29, 0.717) is 42.6 Å². The van der Waals surface area contributed by atoms with E-state index in [-0.39, 0.29) is 0 Å². The van der Waals surface area contributed by atoms with Gasteiger partial charge in [0.1, 0.15) is 5.82 Å². The number of anilines is 2. The van der Waals surface area contributed by atoms with E-state index < -0.39 is 5.82 Å². The zero-order chi connectivity index (χ0) is 12.7. The van der Waals surface area contributed by atoms with Crippen molar-refractivity contribution in [3.63, 3.8) is 0 Å². The van der Waals surface area contributed by atoms with E-state index in [0.717, 1.165) is 0 Å². The zero-order valence-electron chi connectivity index (χ0n) is 9.13. The third-order valence-electron chi connectivity index (χ3n) is 2.22. The Hall–Kier alpha value is -1.000. The number of alkyl halides is 2. The van der Waals surface area contributed by atoms with E-state index in [2.05, 4.69) is 5.32 Å². The average molecular weight is 279 g/mol. The van der Waals surface area contributed by atoms with Crippen molar-refractivity contribution in [2.45, 2.75) is 0 Å². The SMILES string of the molecule is O=CNc1ccc(N(CCCl)CCCl)c(F)c1. The predicted octanol–water partition coefficient (Wildman–Crippen LogP) is 2.68. The maximum atomic E-state index is 13.8. The molecule has 0 radical (unpaired) electrons. The van der Waals surface area contributed by atoms with Crippen LogP contribution >= 0.6 is 23.2 Å². The van der Waals surface area contributed by atoms with Gasteiger partial charge in [-0.25, -0.2) is 4.39 Å². The lowest BCUT2D eigenvalue weighted by Crippen LogP contribution is -2.28. The number of rotatable bonds is 7. The molecule has 1 N–H and O–H groups in total. The summed E-state index contributed by atoms with van der Waals surface area (Å²) < 4.78 is 13.8. The molecule has 0 saturated heterocycles. The highest BCUT2D eigenvalue weighted by Gasteiger charge is 2.11. The van der Waals surface area contributed by atoms with E-state index >= 15 is 0 Å². The Morgan fingerprint density at radius 2 is 1.94 bits per heavy atom. The van der Waals surface area contributed by atoms with Crippen LogP contribution in [0.3, 0.4) is 0 Å². The zero-order valence-corrected chi connectivity index (χ0v) is 10.6. The van der Waals surface area contributed by atoms with Crippen molar-refractivity contribution in [3.05, 3.63) is 24.0 Å². The highest BCUT2D eigenvalue weighted by atomic mass is 35.5. The lowest BCUT2D eigenvalue weighted by atomic mass is 10.2. The van der Waals surface area contributed by atoms with Crippen molar-refractivity contribution in [1.29, 1.82) is 0 Å². The molecule has 0 atom stereocenters. The monoisotopic (exact) mass is 278 g/mol. The van der Waals surface area contributed by atoms with E-state index in [1.807, 2.05) is 0 Å². The van der Waals surface area contributed by atoms with E-state index in [1.165, 1.54) is 6.07 Å². The van der Waals surface area contributed by atoms with E-state index in [4.69, 9.17) is 23.2 Å². The minimum absolute atomic E-state index is 0.394. The Balaban J connectivity index is 2.90. The average Bonchev–Trinajstić information content (AvgIpc) is 2.29. The maximum Gasteiger partial charge on any atom is 0.211 e. The molecule has 1 aromatic carbocycles. The minimum Gasteiger partial charge on any atom is -0.367 e. The third-order valence-corrected chi connectivity index (χ3v) is 2.56. The molecule has 1 amide bonds. The smallest absolute Gasteiger partial charge is 0.211 e. The molecule has 0 aliphatic heterocycles. The van der Waals surface area contributed by atoms with Crippen LogP contribution in [0.25, 0.3) is 0 Å². The highest BCUT2D eigenvalue weighted by Crippen LogP contribution is 2.22. The van der Waals surface area contributed by atoms with Crippen molar-refractivity contribution in [2.75, 3.05) is 35.1 Å². The van der Waals surface area contributed by atoms with Crippen molar-refractivity contribution in [1.82, 2.24) is 0 Å². The van der Waals surface area contributed by atoms with Crippen molar-refractivity contribution < 1.29 is 9.18 Å². The number of nitrogens with one attached hydrogen (secondary N) is 1. The number of hydrogen-bond donors (Lipinski definition) is 1. The fraction of sp³-hybridized carbons (Fsp3) is 0.364. The normalized spacial score (nSPS) is 10.1. The molecular weight excluding hydrogens is 266 g/mol. The number of nitrogens with zero attached hydrogens (tertiary/aromatic N) is 1. The van der Waals surface area contributed by atoms with Gasteiger partial charge in [0.2, 0.25) is 6.41 Å². The molecule has 0 heterocycles. The third kappa shape index (κ3) is 4.06. The fourth-order valence-electron chi connectivity index (χ4n) is 1.48. The van der Waals surface area contributed by atoms with Gasteiger partial charge in [-0.2, -0.15) is 0 Å². The number of carbonyl (C=O) groups is 1. The summed E-state index contributed by atoms with van der Waals surface area (Å²) in [7, 11) is 0. The predicted molar refractivity (Wildman–Crippen MR) is 69.7 cm³/mol. The molecule has 94 valence electrons. The summed E-state index contributed by atoms with van der Waals surface area (Å²) in [5.41, 5.74) is 0.848. The summed E-state index contributed by atoms with van der Waals surface area (Å²) in [6.07, 6.45) is 0.504. The lowest BCUT2D eigenvalue weighted by Gasteiger charge is -2.23. The molecule has 0 bridgehead atoms. The summed E-state index contributed by atoms with van der Waals surface area (Å²) >= 11 is 11.3. The number of benzene rings is 1. The van der Waals surface area contributed by atoms with Gasteiger partial charge < -0.3 is 10.2 Å². The summed E-state index contributed by atoms with van der Waals surface area (Å²) in [6, 6.07) is 4.49. The molecule has 1 rings (SSSR count). The first-order valence-corrected chi connectivity index (χ1v) is 6.16. The molecule has 6 heteroatoms. The molecule has 0 saturated carbocycles. The summed E-state index contributed by atoms with van der Waals surface area (Å²) in [4.78, 5) is 12.0. The lowest BCUT2D eigenvalue weighted by molar-refractivity contribution is -0.105. The first-order chi connectivity index (χ1) is 8.22. The van der Waals surface area contributed by atoms with Gasteiger partial charge in [0.15, 0.2) is 0 Å². The van der Waals surface area contributed by atoms with Gasteiger partial charge in [-0.05, 0) is 18.2 Å². The highest BCUT2D eigenvalue weighted by molar-refractivity contribution is 6.18. The van der Waals surface area contributed by atoms with Crippen molar-refractivity contribution >= 4 is 41.0 Å². The van der Waals surface area contributed by atoms with Gasteiger partial charge in [0, 0.05) is 30.5 Å². The van der Waals surface area contributed by atoms with E-state index in [9.17, 15) is 9.18 Å². The Morgan fingerprint density at radius 3 is 2.41 bits per heavy atom. The molecule has 0 spiro atoms. The molecular formula is C11H13Cl2FN2O. The second kappa shape index (κ2) is 7.35. The Labute approximate surface area is 109 Å². The molecule has 3 nitrogen and oxygen atoms in total. The molecule has 17 heavy (non-hydrogen) atoms. The standard InChI is InChI=1S/C11H13Cl2FN2O/c12-3-5-16(6-4-13)11-2-1-9(15-8-17)7-10(11)14/h1-2,7-8H,3-6H2,(H,15,17).